The highest BCUT2D eigenvalue weighted by atomic mass is 16.1. The minimum atomic E-state index is -0.0260. The van der Waals surface area contributed by atoms with Crippen molar-refractivity contribution in [3.63, 3.8) is 0 Å². The number of carbonyl (C=O) groups is 1. The zero-order chi connectivity index (χ0) is 21.1. The van der Waals surface area contributed by atoms with Crippen molar-refractivity contribution < 1.29 is 4.79 Å². The van der Waals surface area contributed by atoms with E-state index in [1.54, 1.807) is 6.20 Å². The summed E-state index contributed by atoms with van der Waals surface area (Å²) in [7, 11) is 0. The third kappa shape index (κ3) is 4.01. The molecule has 2 aromatic carbocycles. The van der Waals surface area contributed by atoms with Crippen LogP contribution in [0, 0.1) is 20.8 Å². The van der Waals surface area contributed by atoms with Crippen molar-refractivity contribution in [2.45, 2.75) is 40.3 Å². The van der Waals surface area contributed by atoms with Crippen LogP contribution in [0.15, 0.2) is 60.8 Å². The van der Waals surface area contributed by atoms with Crippen molar-refractivity contribution in [1.29, 1.82) is 0 Å². The van der Waals surface area contributed by atoms with Gasteiger partial charge in [0.2, 0.25) is 0 Å². The average Bonchev–Trinajstić information content (AvgIpc) is 3.28. The maximum atomic E-state index is 12.7. The summed E-state index contributed by atoms with van der Waals surface area (Å²) in [6.45, 7) is 8.58. The largest absolute Gasteiger partial charge is 0.352 e. The van der Waals surface area contributed by atoms with E-state index in [1.165, 1.54) is 22.3 Å². The monoisotopic (exact) mass is 400 g/mol. The molecule has 0 aliphatic rings. The molecule has 30 heavy (non-hydrogen) atoms. The molecule has 0 fully saturated rings. The molecular weight excluding hydrogens is 372 g/mol. The van der Waals surface area contributed by atoms with Gasteiger partial charge in [-0.25, -0.2) is 0 Å². The van der Waals surface area contributed by atoms with Gasteiger partial charge in [0.15, 0.2) is 0 Å². The Kier molecular flexibility index (Phi) is 5.70. The van der Waals surface area contributed by atoms with E-state index in [0.717, 1.165) is 30.6 Å². The Morgan fingerprint density at radius 3 is 2.57 bits per heavy atom. The molecule has 0 aliphatic carbocycles. The normalized spacial score (nSPS) is 11.2. The number of rotatable bonds is 7. The van der Waals surface area contributed by atoms with Crippen molar-refractivity contribution in [2.24, 2.45) is 0 Å². The van der Waals surface area contributed by atoms with Crippen LogP contribution in [0.5, 0.6) is 0 Å². The highest BCUT2D eigenvalue weighted by Gasteiger charge is 2.14. The van der Waals surface area contributed by atoms with E-state index in [0.29, 0.717) is 12.1 Å². The molecule has 154 valence electrons. The molecule has 5 heteroatoms. The Labute approximate surface area is 177 Å². The van der Waals surface area contributed by atoms with E-state index >= 15 is 0 Å². The summed E-state index contributed by atoms with van der Waals surface area (Å²) in [5.74, 6) is -0.0260. The zero-order valence-corrected chi connectivity index (χ0v) is 17.9. The molecular formula is C25H28N4O. The fraction of sp³-hybridized carbons (Fsp3) is 0.280. The topological polar surface area (TPSA) is 51.9 Å². The minimum Gasteiger partial charge on any atom is -0.352 e. The number of hydrogen-bond acceptors (Lipinski definition) is 2. The van der Waals surface area contributed by atoms with Gasteiger partial charge in [-0.1, -0.05) is 30.3 Å². The lowest BCUT2D eigenvalue weighted by Crippen LogP contribution is -2.25. The van der Waals surface area contributed by atoms with E-state index in [4.69, 9.17) is 0 Å². The molecule has 0 aliphatic heterocycles. The first-order valence-corrected chi connectivity index (χ1v) is 10.4. The summed E-state index contributed by atoms with van der Waals surface area (Å²) in [6, 6.07) is 18.5. The Morgan fingerprint density at radius 1 is 1.03 bits per heavy atom. The van der Waals surface area contributed by atoms with Crippen LogP contribution >= 0.6 is 0 Å². The molecule has 0 bridgehead atoms. The van der Waals surface area contributed by atoms with E-state index in [-0.39, 0.29) is 5.91 Å². The maximum Gasteiger partial charge on any atom is 0.251 e. The predicted octanol–water partition coefficient (Wildman–Crippen LogP) is 4.63. The quantitative estimate of drug-likeness (QED) is 0.460. The predicted molar refractivity (Wildman–Crippen MR) is 121 cm³/mol. The van der Waals surface area contributed by atoms with Crippen LogP contribution in [-0.4, -0.2) is 26.8 Å². The first-order chi connectivity index (χ1) is 14.5. The van der Waals surface area contributed by atoms with Crippen molar-refractivity contribution in [3.05, 3.63) is 88.9 Å². The standard InChI is InChI=1S/C25H28N4O/c1-18-12-14-27-29(18)15-7-13-26-25(30)22-10-11-24-23(16-22)19(2)20(3)28(24)17-21-8-5-4-6-9-21/h4-6,8-12,14,16H,7,13,15,17H2,1-3H3,(H,26,30). The lowest BCUT2D eigenvalue weighted by atomic mass is 10.1. The molecule has 4 aromatic rings. The molecule has 1 N–H and O–H groups in total. The van der Waals surface area contributed by atoms with Crippen LogP contribution in [0.3, 0.4) is 0 Å². The average molecular weight is 401 g/mol. The fourth-order valence-electron chi connectivity index (χ4n) is 3.93. The van der Waals surface area contributed by atoms with E-state index in [2.05, 4.69) is 59.2 Å². The van der Waals surface area contributed by atoms with Gasteiger partial charge in [-0.3, -0.25) is 9.48 Å². The van der Waals surface area contributed by atoms with Gasteiger partial charge in [0, 0.05) is 53.7 Å². The molecule has 0 radical (unpaired) electrons. The van der Waals surface area contributed by atoms with Gasteiger partial charge in [0.25, 0.3) is 5.91 Å². The van der Waals surface area contributed by atoms with Gasteiger partial charge in [-0.15, -0.1) is 0 Å². The molecule has 2 aromatic heterocycles. The van der Waals surface area contributed by atoms with E-state index in [9.17, 15) is 4.79 Å². The number of benzene rings is 2. The Hall–Kier alpha value is -3.34. The summed E-state index contributed by atoms with van der Waals surface area (Å²) in [4.78, 5) is 12.7. The molecule has 2 heterocycles. The third-order valence-electron chi connectivity index (χ3n) is 5.85. The molecule has 0 unspecified atom stereocenters. The second kappa shape index (κ2) is 8.57. The lowest BCUT2D eigenvalue weighted by molar-refractivity contribution is 0.0952. The zero-order valence-electron chi connectivity index (χ0n) is 17.9. The highest BCUT2D eigenvalue weighted by Crippen LogP contribution is 2.27. The summed E-state index contributed by atoms with van der Waals surface area (Å²) in [5.41, 5.74) is 6.74. The van der Waals surface area contributed by atoms with Gasteiger partial charge in [-0.05, 0) is 62.6 Å². The molecule has 0 saturated carbocycles. The number of carbonyl (C=O) groups excluding carboxylic acids is 1. The summed E-state index contributed by atoms with van der Waals surface area (Å²) < 4.78 is 4.29. The van der Waals surface area contributed by atoms with E-state index in [1.807, 2.05) is 35.9 Å². The second-order valence-electron chi connectivity index (χ2n) is 7.82. The highest BCUT2D eigenvalue weighted by molar-refractivity contribution is 5.99. The molecule has 4 rings (SSSR count). The number of aryl methyl sites for hydroxylation is 3. The van der Waals surface area contributed by atoms with Gasteiger partial charge < -0.3 is 9.88 Å². The number of nitrogens with zero attached hydrogens (tertiary/aromatic N) is 3. The summed E-state index contributed by atoms with van der Waals surface area (Å²) in [6.07, 6.45) is 2.65. The van der Waals surface area contributed by atoms with Crippen molar-refractivity contribution in [1.82, 2.24) is 19.7 Å². The SMILES string of the molecule is Cc1c(C)n(Cc2ccccc2)c2ccc(C(=O)NCCCn3nccc3C)cc12. The maximum absolute atomic E-state index is 12.7. The smallest absolute Gasteiger partial charge is 0.251 e. The van der Waals surface area contributed by atoms with E-state index < -0.39 is 0 Å². The van der Waals surface area contributed by atoms with Crippen LogP contribution in [0.1, 0.15) is 39.3 Å². The lowest BCUT2D eigenvalue weighted by Gasteiger charge is -2.09. The fourth-order valence-corrected chi connectivity index (χ4v) is 3.93. The minimum absolute atomic E-state index is 0.0260. The van der Waals surface area contributed by atoms with Crippen LogP contribution in [-0.2, 0) is 13.1 Å². The molecule has 0 saturated heterocycles. The van der Waals surface area contributed by atoms with Crippen molar-refractivity contribution in [2.75, 3.05) is 6.54 Å². The van der Waals surface area contributed by atoms with Crippen LogP contribution in [0.25, 0.3) is 10.9 Å². The Morgan fingerprint density at radius 2 is 1.83 bits per heavy atom. The molecule has 0 atom stereocenters. The third-order valence-corrected chi connectivity index (χ3v) is 5.85. The van der Waals surface area contributed by atoms with Gasteiger partial charge in [-0.2, -0.15) is 5.10 Å². The Balaban J connectivity index is 1.47. The summed E-state index contributed by atoms with van der Waals surface area (Å²) in [5, 5.41) is 8.46. The van der Waals surface area contributed by atoms with Gasteiger partial charge >= 0.3 is 0 Å². The summed E-state index contributed by atoms with van der Waals surface area (Å²) >= 11 is 0. The van der Waals surface area contributed by atoms with Crippen LogP contribution < -0.4 is 5.32 Å². The first-order valence-electron chi connectivity index (χ1n) is 10.4. The van der Waals surface area contributed by atoms with Crippen LogP contribution in [0.4, 0.5) is 0 Å². The Bertz CT molecular complexity index is 1170. The van der Waals surface area contributed by atoms with Gasteiger partial charge in [0.1, 0.15) is 0 Å². The molecule has 1 amide bonds. The van der Waals surface area contributed by atoms with Crippen molar-refractivity contribution in [3.8, 4) is 0 Å². The molecule has 5 nitrogen and oxygen atoms in total. The van der Waals surface area contributed by atoms with Crippen molar-refractivity contribution >= 4 is 16.8 Å². The van der Waals surface area contributed by atoms with Gasteiger partial charge in [0.05, 0.1) is 0 Å². The second-order valence-corrected chi connectivity index (χ2v) is 7.82. The first kappa shape index (κ1) is 20.0. The number of fused-ring (bicyclic) bond motifs is 1. The number of aromatic nitrogens is 3. The number of nitrogens with one attached hydrogen (secondary N) is 1. The van der Waals surface area contributed by atoms with Crippen LogP contribution in [0.2, 0.25) is 0 Å². The number of hydrogen-bond donors (Lipinski definition) is 1. The molecule has 0 spiro atoms. The number of amides is 1.